The van der Waals surface area contributed by atoms with Gasteiger partial charge in [-0.25, -0.2) is 18.4 Å². The molecule has 1 N–H and O–H groups in total. The highest BCUT2D eigenvalue weighted by Gasteiger charge is 2.23. The second kappa shape index (κ2) is 9.68. The van der Waals surface area contributed by atoms with Gasteiger partial charge in [0.1, 0.15) is 34.5 Å². The summed E-state index contributed by atoms with van der Waals surface area (Å²) in [4.78, 5) is 21.7. The molecule has 8 nitrogen and oxygen atoms in total. The Hall–Kier alpha value is -3.63. The molecule has 0 aromatic carbocycles. The van der Waals surface area contributed by atoms with Crippen molar-refractivity contribution in [3.63, 3.8) is 0 Å². The molecule has 0 bridgehead atoms. The van der Waals surface area contributed by atoms with Crippen molar-refractivity contribution in [2.45, 2.75) is 51.7 Å². The molecule has 1 aliphatic rings. The molecule has 37 heavy (non-hydrogen) atoms. The molecule has 4 aromatic rings. The molecule has 4 aromatic heterocycles. The molecule has 0 saturated carbocycles. The van der Waals surface area contributed by atoms with Crippen LogP contribution in [0, 0.1) is 11.6 Å². The summed E-state index contributed by atoms with van der Waals surface area (Å²) < 4.78 is 35.9. The third-order valence-corrected chi connectivity index (χ3v) is 6.56. The van der Waals surface area contributed by atoms with Gasteiger partial charge in [-0.3, -0.25) is 14.3 Å². The van der Waals surface area contributed by atoms with E-state index in [9.17, 15) is 18.7 Å². The second-order valence-electron chi connectivity index (χ2n) is 9.41. The van der Waals surface area contributed by atoms with E-state index in [0.29, 0.717) is 29.3 Å². The Balaban J connectivity index is 1.55. The van der Waals surface area contributed by atoms with E-state index in [2.05, 4.69) is 15.1 Å². The minimum absolute atomic E-state index is 0.0988. The lowest BCUT2D eigenvalue weighted by Gasteiger charge is -2.21. The first-order valence-corrected chi connectivity index (χ1v) is 12.1. The topological polar surface area (TPSA) is 95.1 Å². The molecular weight excluding hydrogens is 504 g/mol. The van der Waals surface area contributed by atoms with Crippen molar-refractivity contribution < 1.29 is 18.6 Å². The van der Waals surface area contributed by atoms with E-state index in [1.807, 2.05) is 0 Å². The van der Waals surface area contributed by atoms with Crippen LogP contribution in [-0.4, -0.2) is 29.4 Å². The van der Waals surface area contributed by atoms with Gasteiger partial charge in [0.25, 0.3) is 5.56 Å². The molecule has 11 heteroatoms. The maximum absolute atomic E-state index is 14.0. The zero-order chi connectivity index (χ0) is 26.3. The van der Waals surface area contributed by atoms with Crippen molar-refractivity contribution >= 4 is 11.6 Å². The zero-order valence-electron chi connectivity index (χ0n) is 20.2. The van der Waals surface area contributed by atoms with Gasteiger partial charge in [0, 0.05) is 36.3 Å². The van der Waals surface area contributed by atoms with Crippen molar-refractivity contribution in [1.29, 1.82) is 0 Å². The van der Waals surface area contributed by atoms with E-state index in [1.165, 1.54) is 0 Å². The number of fused-ring (bicyclic) bond motifs is 3. The lowest BCUT2D eigenvalue weighted by atomic mass is 10.0. The summed E-state index contributed by atoms with van der Waals surface area (Å²) in [7, 11) is 0. The number of hydrogen-bond acceptors (Lipinski definition) is 6. The van der Waals surface area contributed by atoms with Gasteiger partial charge in [-0.15, -0.1) is 0 Å². The van der Waals surface area contributed by atoms with Gasteiger partial charge in [-0.2, -0.15) is 5.10 Å². The van der Waals surface area contributed by atoms with Crippen molar-refractivity contribution in [1.82, 2.24) is 24.3 Å². The normalized spacial score (nSPS) is 13.5. The third kappa shape index (κ3) is 4.99. The lowest BCUT2D eigenvalue weighted by Crippen LogP contribution is -2.26. The summed E-state index contributed by atoms with van der Waals surface area (Å²) in [5, 5.41) is 14.5. The Bertz CT molecular complexity index is 1540. The number of ether oxygens (including phenoxy) is 1. The van der Waals surface area contributed by atoms with Crippen LogP contribution in [0.15, 0.2) is 47.7 Å². The van der Waals surface area contributed by atoms with E-state index in [1.54, 1.807) is 53.7 Å². The highest BCUT2D eigenvalue weighted by atomic mass is 35.5. The van der Waals surface area contributed by atoms with Crippen molar-refractivity contribution in [3.8, 4) is 17.3 Å². The van der Waals surface area contributed by atoms with E-state index < -0.39 is 22.8 Å². The highest BCUT2D eigenvalue weighted by Crippen LogP contribution is 2.30. The summed E-state index contributed by atoms with van der Waals surface area (Å²) >= 11 is 6.44. The predicted molar refractivity (Wildman–Crippen MR) is 132 cm³/mol. The fraction of sp³-hybridized carbons (Fsp3) is 0.308. The molecule has 0 spiro atoms. The predicted octanol–water partition coefficient (Wildman–Crippen LogP) is 4.43. The molecule has 0 unspecified atom stereocenters. The Morgan fingerprint density at radius 3 is 2.65 bits per heavy atom. The van der Waals surface area contributed by atoms with Crippen LogP contribution >= 0.6 is 11.6 Å². The molecule has 0 amide bonds. The van der Waals surface area contributed by atoms with E-state index in [0.717, 1.165) is 37.1 Å². The molecule has 192 valence electrons. The minimum atomic E-state index is -1.12. The zero-order valence-corrected chi connectivity index (χ0v) is 21.0. The fourth-order valence-corrected chi connectivity index (χ4v) is 4.44. The van der Waals surface area contributed by atoms with E-state index >= 15 is 0 Å². The van der Waals surface area contributed by atoms with Crippen LogP contribution in [0.1, 0.15) is 49.3 Å². The molecule has 0 fully saturated rings. The SMILES string of the molecule is CC(C)(O)c1ccn(-c2cc3c(cn2)CCCCc2cc(OCc4ncc(F)cc4F)c(Cl)c(=O)n2-3)n1. The number of rotatable bonds is 5. The van der Waals surface area contributed by atoms with Gasteiger partial charge in [0.2, 0.25) is 0 Å². The Labute approximate surface area is 216 Å². The lowest BCUT2D eigenvalue weighted by molar-refractivity contribution is 0.0734. The maximum Gasteiger partial charge on any atom is 0.277 e. The second-order valence-corrected chi connectivity index (χ2v) is 9.79. The standard InChI is InChI=1S/C26H24ClF2N5O3/c1-26(2,36)22-7-8-33(32-22)23-11-20-15(12-31-23)5-3-4-6-17-10-21(24(27)25(35)34(17)20)37-14-19-18(29)9-16(28)13-30-19/h7-13,36H,3-6,14H2,1-2H3. The van der Waals surface area contributed by atoms with Crippen LogP contribution in [0.2, 0.25) is 5.02 Å². The van der Waals surface area contributed by atoms with E-state index in [4.69, 9.17) is 16.3 Å². The first-order valence-electron chi connectivity index (χ1n) is 11.8. The molecule has 1 aliphatic heterocycles. The number of nitrogens with zero attached hydrogens (tertiary/aromatic N) is 5. The van der Waals surface area contributed by atoms with Gasteiger partial charge < -0.3 is 9.84 Å². The minimum Gasteiger partial charge on any atom is -0.485 e. The highest BCUT2D eigenvalue weighted by molar-refractivity contribution is 6.31. The number of aliphatic hydroxyl groups is 1. The largest absolute Gasteiger partial charge is 0.485 e. The molecule has 5 heterocycles. The molecule has 0 radical (unpaired) electrons. The molecule has 5 rings (SSSR count). The number of hydrogen-bond donors (Lipinski definition) is 1. The first kappa shape index (κ1) is 25.0. The third-order valence-electron chi connectivity index (χ3n) is 6.21. The van der Waals surface area contributed by atoms with Crippen LogP contribution < -0.4 is 10.3 Å². The van der Waals surface area contributed by atoms with Gasteiger partial charge in [-0.1, -0.05) is 11.6 Å². The Morgan fingerprint density at radius 2 is 1.92 bits per heavy atom. The van der Waals surface area contributed by atoms with E-state index in [-0.39, 0.29) is 23.1 Å². The van der Waals surface area contributed by atoms with Crippen LogP contribution in [0.5, 0.6) is 5.75 Å². The summed E-state index contributed by atoms with van der Waals surface area (Å²) in [6.07, 6.45) is 7.34. The number of aromatic nitrogens is 5. The monoisotopic (exact) mass is 527 g/mol. The Kier molecular flexibility index (Phi) is 6.55. The van der Waals surface area contributed by atoms with Gasteiger partial charge in [0.15, 0.2) is 11.6 Å². The number of pyridine rings is 3. The fourth-order valence-electron chi connectivity index (χ4n) is 4.25. The summed E-state index contributed by atoms with van der Waals surface area (Å²) in [6.45, 7) is 2.97. The number of aryl methyl sites for hydroxylation is 2. The van der Waals surface area contributed by atoms with Gasteiger partial charge in [0.05, 0.1) is 17.6 Å². The maximum atomic E-state index is 14.0. The van der Waals surface area contributed by atoms with Crippen molar-refractivity contribution in [2.24, 2.45) is 0 Å². The average molecular weight is 528 g/mol. The van der Waals surface area contributed by atoms with Crippen LogP contribution in [0.3, 0.4) is 0 Å². The molecular formula is C26H24ClF2N5O3. The van der Waals surface area contributed by atoms with Crippen molar-refractivity contribution in [2.75, 3.05) is 0 Å². The van der Waals surface area contributed by atoms with Crippen LogP contribution in [-0.2, 0) is 25.0 Å². The molecule has 0 atom stereocenters. The Morgan fingerprint density at radius 1 is 1.14 bits per heavy atom. The summed E-state index contributed by atoms with van der Waals surface area (Å²) in [6, 6.07) is 5.86. The van der Waals surface area contributed by atoms with Gasteiger partial charge >= 0.3 is 0 Å². The van der Waals surface area contributed by atoms with Gasteiger partial charge in [-0.05, 0) is 51.2 Å². The summed E-state index contributed by atoms with van der Waals surface area (Å²) in [5.41, 5.74) is 0.959. The molecule has 0 saturated heterocycles. The smallest absolute Gasteiger partial charge is 0.277 e. The average Bonchev–Trinajstić information content (AvgIpc) is 3.34. The number of halogens is 3. The van der Waals surface area contributed by atoms with Crippen molar-refractivity contribution in [3.05, 3.63) is 92.5 Å². The van der Waals surface area contributed by atoms with Crippen LogP contribution in [0.4, 0.5) is 8.78 Å². The van der Waals surface area contributed by atoms with Crippen LogP contribution in [0.25, 0.3) is 11.5 Å². The molecule has 0 aliphatic carbocycles. The first-order chi connectivity index (χ1) is 17.6. The summed E-state index contributed by atoms with van der Waals surface area (Å²) in [5.74, 6) is -1.07. The quantitative estimate of drug-likeness (QED) is 0.412.